The van der Waals surface area contributed by atoms with Crippen molar-refractivity contribution in [2.45, 2.75) is 58.3 Å². The SMILES string of the molecule is C=CCN(C(=O)C(Cc1ccccc1)NC(=O)OC(C)(C)C)C(C(=O)NCc1ccccc1)c1ccc(C)cc1. The van der Waals surface area contributed by atoms with Crippen molar-refractivity contribution in [3.8, 4) is 0 Å². The molecule has 3 amide bonds. The van der Waals surface area contributed by atoms with Crippen LogP contribution in [0.3, 0.4) is 0 Å². The highest BCUT2D eigenvalue weighted by molar-refractivity contribution is 5.92. The van der Waals surface area contributed by atoms with Crippen LogP contribution in [0.5, 0.6) is 0 Å². The van der Waals surface area contributed by atoms with Crippen LogP contribution in [0.2, 0.25) is 0 Å². The maximum atomic E-state index is 14.2. The van der Waals surface area contributed by atoms with Gasteiger partial charge in [-0.05, 0) is 44.4 Å². The Bertz CT molecular complexity index is 1270. The van der Waals surface area contributed by atoms with Crippen molar-refractivity contribution in [1.82, 2.24) is 15.5 Å². The molecular formula is C33H39N3O4. The lowest BCUT2D eigenvalue weighted by atomic mass is 9.99. The average molecular weight is 542 g/mol. The molecule has 3 aromatic rings. The lowest BCUT2D eigenvalue weighted by Gasteiger charge is -2.34. The highest BCUT2D eigenvalue weighted by Gasteiger charge is 2.35. The lowest BCUT2D eigenvalue weighted by molar-refractivity contribution is -0.141. The van der Waals surface area contributed by atoms with E-state index in [1.54, 1.807) is 26.8 Å². The second-order valence-electron chi connectivity index (χ2n) is 10.7. The molecule has 0 fully saturated rings. The molecule has 0 aliphatic rings. The van der Waals surface area contributed by atoms with Crippen molar-refractivity contribution in [2.75, 3.05) is 6.54 Å². The van der Waals surface area contributed by atoms with Gasteiger partial charge in [0.1, 0.15) is 17.7 Å². The highest BCUT2D eigenvalue weighted by atomic mass is 16.6. The Hall–Kier alpha value is -4.39. The van der Waals surface area contributed by atoms with Crippen LogP contribution in [0.4, 0.5) is 4.79 Å². The van der Waals surface area contributed by atoms with E-state index < -0.39 is 29.7 Å². The molecule has 2 unspecified atom stereocenters. The fourth-order valence-electron chi connectivity index (χ4n) is 4.26. The van der Waals surface area contributed by atoms with Gasteiger partial charge < -0.3 is 20.3 Å². The molecule has 40 heavy (non-hydrogen) atoms. The topological polar surface area (TPSA) is 87.7 Å². The van der Waals surface area contributed by atoms with Crippen LogP contribution in [-0.2, 0) is 27.3 Å². The van der Waals surface area contributed by atoms with Gasteiger partial charge >= 0.3 is 6.09 Å². The summed E-state index contributed by atoms with van der Waals surface area (Å²) in [5.74, 6) is -0.756. The first-order valence-electron chi connectivity index (χ1n) is 13.4. The maximum absolute atomic E-state index is 14.2. The molecule has 0 aliphatic carbocycles. The summed E-state index contributed by atoms with van der Waals surface area (Å²) in [6.07, 6.45) is 1.09. The predicted octanol–water partition coefficient (Wildman–Crippen LogP) is 5.50. The number of ether oxygens (including phenoxy) is 1. The van der Waals surface area contributed by atoms with Gasteiger partial charge in [0.15, 0.2) is 0 Å². The van der Waals surface area contributed by atoms with Gasteiger partial charge in [-0.3, -0.25) is 9.59 Å². The quantitative estimate of drug-likeness (QED) is 0.314. The summed E-state index contributed by atoms with van der Waals surface area (Å²) in [6, 6.07) is 24.6. The van der Waals surface area contributed by atoms with Crippen LogP contribution < -0.4 is 10.6 Å². The van der Waals surface area contributed by atoms with Crippen LogP contribution in [0.15, 0.2) is 97.6 Å². The summed E-state index contributed by atoms with van der Waals surface area (Å²) in [4.78, 5) is 42.3. The molecule has 0 radical (unpaired) electrons. The van der Waals surface area contributed by atoms with Gasteiger partial charge in [-0.25, -0.2) is 4.79 Å². The number of rotatable bonds is 11. The number of aryl methyl sites for hydroxylation is 1. The molecule has 0 aliphatic heterocycles. The van der Waals surface area contributed by atoms with E-state index in [-0.39, 0.29) is 18.9 Å². The van der Waals surface area contributed by atoms with Gasteiger partial charge in [-0.2, -0.15) is 0 Å². The van der Waals surface area contributed by atoms with E-state index in [0.29, 0.717) is 12.1 Å². The molecule has 0 heterocycles. The van der Waals surface area contributed by atoms with Crippen LogP contribution in [-0.4, -0.2) is 41.0 Å². The number of nitrogens with one attached hydrogen (secondary N) is 2. The largest absolute Gasteiger partial charge is 0.444 e. The van der Waals surface area contributed by atoms with Gasteiger partial charge in [0, 0.05) is 19.5 Å². The smallest absolute Gasteiger partial charge is 0.408 e. The first-order valence-corrected chi connectivity index (χ1v) is 13.4. The van der Waals surface area contributed by atoms with Gasteiger partial charge in [-0.1, -0.05) is 96.6 Å². The first-order chi connectivity index (χ1) is 19.1. The maximum Gasteiger partial charge on any atom is 0.408 e. The van der Waals surface area contributed by atoms with Crippen molar-refractivity contribution in [2.24, 2.45) is 0 Å². The zero-order valence-corrected chi connectivity index (χ0v) is 23.7. The summed E-state index contributed by atoms with van der Waals surface area (Å²) in [5.41, 5.74) is 2.74. The van der Waals surface area contributed by atoms with Crippen LogP contribution in [0.1, 0.15) is 49.1 Å². The van der Waals surface area contributed by atoms with E-state index >= 15 is 0 Å². The Morgan fingerprint density at radius 2 is 1.48 bits per heavy atom. The third kappa shape index (κ3) is 9.12. The summed E-state index contributed by atoms with van der Waals surface area (Å²) in [6.45, 7) is 11.5. The van der Waals surface area contributed by atoms with Gasteiger partial charge in [-0.15, -0.1) is 6.58 Å². The Morgan fingerprint density at radius 3 is 2.02 bits per heavy atom. The van der Waals surface area contributed by atoms with E-state index in [2.05, 4.69) is 17.2 Å². The molecule has 3 rings (SSSR count). The van der Waals surface area contributed by atoms with Crippen molar-refractivity contribution >= 4 is 17.9 Å². The van der Waals surface area contributed by atoms with Crippen LogP contribution in [0, 0.1) is 6.92 Å². The van der Waals surface area contributed by atoms with Crippen LogP contribution in [0.25, 0.3) is 0 Å². The van der Waals surface area contributed by atoms with E-state index in [1.165, 1.54) is 4.90 Å². The van der Waals surface area contributed by atoms with Crippen molar-refractivity contribution in [1.29, 1.82) is 0 Å². The molecule has 0 aromatic heterocycles. The van der Waals surface area contributed by atoms with E-state index in [9.17, 15) is 14.4 Å². The molecule has 0 saturated carbocycles. The minimum atomic E-state index is -0.980. The van der Waals surface area contributed by atoms with Gasteiger partial charge in [0.05, 0.1) is 0 Å². The summed E-state index contributed by atoms with van der Waals surface area (Å²) in [7, 11) is 0. The summed E-state index contributed by atoms with van der Waals surface area (Å²) in [5, 5.41) is 5.74. The molecule has 2 atom stereocenters. The first kappa shape index (κ1) is 30.2. The summed E-state index contributed by atoms with van der Waals surface area (Å²) >= 11 is 0. The Balaban J connectivity index is 1.97. The third-order valence-corrected chi connectivity index (χ3v) is 6.14. The zero-order chi connectivity index (χ0) is 29.1. The molecule has 210 valence electrons. The Morgan fingerprint density at radius 1 is 0.900 bits per heavy atom. The number of alkyl carbamates (subject to hydrolysis) is 1. The fraction of sp³-hybridized carbons (Fsp3) is 0.303. The number of benzene rings is 3. The standard InChI is InChI=1S/C33H39N3O4/c1-6-21-36(31(38)28(22-25-13-9-7-10-14-25)35-32(39)40-33(3,4)5)29(27-19-17-24(2)18-20-27)30(37)34-23-26-15-11-8-12-16-26/h6-20,28-29H,1,21-23H2,2-5H3,(H,34,37)(H,35,39). The molecule has 3 aromatic carbocycles. The summed E-state index contributed by atoms with van der Waals surface area (Å²) < 4.78 is 5.47. The highest BCUT2D eigenvalue weighted by Crippen LogP contribution is 2.24. The average Bonchev–Trinajstić information content (AvgIpc) is 2.92. The van der Waals surface area contributed by atoms with Crippen molar-refractivity contribution < 1.29 is 19.1 Å². The third-order valence-electron chi connectivity index (χ3n) is 6.14. The predicted molar refractivity (Wildman–Crippen MR) is 157 cm³/mol. The Kier molecular flexibility index (Phi) is 10.6. The van der Waals surface area contributed by atoms with Crippen LogP contribution >= 0.6 is 0 Å². The fourth-order valence-corrected chi connectivity index (χ4v) is 4.26. The van der Waals surface area contributed by atoms with Gasteiger partial charge in [0.25, 0.3) is 0 Å². The molecule has 0 spiro atoms. The second-order valence-corrected chi connectivity index (χ2v) is 10.7. The van der Waals surface area contributed by atoms with E-state index in [4.69, 9.17) is 4.74 Å². The second kappa shape index (κ2) is 14.1. The minimum Gasteiger partial charge on any atom is -0.444 e. The lowest BCUT2D eigenvalue weighted by Crippen LogP contribution is -2.53. The normalized spacial score (nSPS) is 12.5. The molecule has 2 N–H and O–H groups in total. The van der Waals surface area contributed by atoms with Crippen molar-refractivity contribution in [3.63, 3.8) is 0 Å². The monoisotopic (exact) mass is 541 g/mol. The number of nitrogens with zero attached hydrogens (tertiary/aromatic N) is 1. The van der Waals surface area contributed by atoms with Gasteiger partial charge in [0.2, 0.25) is 11.8 Å². The van der Waals surface area contributed by atoms with E-state index in [0.717, 1.165) is 16.7 Å². The molecular weight excluding hydrogens is 502 g/mol. The number of hydrogen-bond donors (Lipinski definition) is 2. The molecule has 7 heteroatoms. The number of carbonyl (C=O) groups excluding carboxylic acids is 3. The molecule has 7 nitrogen and oxygen atoms in total. The van der Waals surface area contributed by atoms with E-state index in [1.807, 2.05) is 91.9 Å². The molecule has 0 saturated heterocycles. The number of carbonyl (C=O) groups is 3. The number of hydrogen-bond acceptors (Lipinski definition) is 4. The Labute approximate surface area is 237 Å². The minimum absolute atomic E-state index is 0.0947. The van der Waals surface area contributed by atoms with Crippen molar-refractivity contribution in [3.05, 3.63) is 120 Å². The zero-order valence-electron chi connectivity index (χ0n) is 23.7. The molecule has 0 bridgehead atoms. The number of amides is 3.